The predicted octanol–water partition coefficient (Wildman–Crippen LogP) is 5.35. The molecule has 7 heteroatoms. The first-order valence-corrected chi connectivity index (χ1v) is 11.2. The quantitative estimate of drug-likeness (QED) is 0.493. The normalized spacial score (nSPS) is 18.2. The number of ether oxygens (including phenoxy) is 2. The van der Waals surface area contributed by atoms with E-state index in [1.807, 2.05) is 24.3 Å². The fourth-order valence-corrected chi connectivity index (χ4v) is 4.41. The molecule has 2 heterocycles. The molecule has 1 saturated heterocycles. The number of likely N-dealkylation sites (tertiary alicyclic amines) is 1. The summed E-state index contributed by atoms with van der Waals surface area (Å²) in [6, 6.07) is 17.9. The minimum absolute atomic E-state index is 0.0158. The Morgan fingerprint density at radius 1 is 0.971 bits per heavy atom. The van der Waals surface area contributed by atoms with Crippen molar-refractivity contribution < 1.29 is 28.5 Å². The van der Waals surface area contributed by atoms with Gasteiger partial charge in [-0.15, -0.1) is 0 Å². The van der Waals surface area contributed by atoms with Gasteiger partial charge in [0.05, 0.1) is 12.2 Å². The van der Waals surface area contributed by atoms with Crippen LogP contribution in [0.2, 0.25) is 0 Å². The zero-order valence-corrected chi connectivity index (χ0v) is 18.5. The number of benzene rings is 3. The van der Waals surface area contributed by atoms with Crippen LogP contribution in [0.25, 0.3) is 11.4 Å². The molecule has 0 aliphatic carbocycles. The van der Waals surface area contributed by atoms with Gasteiger partial charge in [0.1, 0.15) is 35.4 Å². The van der Waals surface area contributed by atoms with Crippen LogP contribution in [-0.2, 0) is 0 Å². The van der Waals surface area contributed by atoms with E-state index in [-0.39, 0.29) is 35.2 Å². The van der Waals surface area contributed by atoms with E-state index in [0.29, 0.717) is 29.2 Å². The van der Waals surface area contributed by atoms with Gasteiger partial charge >= 0.3 is 0 Å². The van der Waals surface area contributed by atoms with Crippen molar-refractivity contribution in [3.05, 3.63) is 83.4 Å². The van der Waals surface area contributed by atoms with Gasteiger partial charge in [-0.2, -0.15) is 0 Å². The number of hydrogen-bond donors (Lipinski definition) is 2. The number of phenolic OH excluding ortho intramolecular Hbond substituents is 2. The van der Waals surface area contributed by atoms with Crippen LogP contribution in [0.15, 0.2) is 66.7 Å². The summed E-state index contributed by atoms with van der Waals surface area (Å²) in [5, 5.41) is 19.8. The summed E-state index contributed by atoms with van der Waals surface area (Å²) in [4.78, 5) is 2.15. The summed E-state index contributed by atoms with van der Waals surface area (Å²) in [5.41, 5.74) is 1.63. The molecule has 1 atom stereocenters. The summed E-state index contributed by atoms with van der Waals surface area (Å²) in [7, 11) is 0. The van der Waals surface area contributed by atoms with E-state index >= 15 is 4.39 Å². The smallest absolute Gasteiger partial charge is 0.152 e. The standard InChI is InChI=1S/C27H25F2NO4/c28-14-17-15-30(16-17)10-11-33-22-7-4-18(5-8-22)27-25(19-2-1-3-20(31)12-19)26(29)23-13-21(32)6-9-24(23)34-27/h1-9,12-13,17,27,31-32H,10-11,14-16H2/t27-/m1/s1. The monoisotopic (exact) mass is 465 g/mol. The van der Waals surface area contributed by atoms with Gasteiger partial charge in [0.2, 0.25) is 0 Å². The molecule has 0 aromatic heterocycles. The van der Waals surface area contributed by atoms with Crippen molar-refractivity contribution in [2.24, 2.45) is 5.92 Å². The number of hydrogen-bond acceptors (Lipinski definition) is 5. The molecule has 0 unspecified atom stereocenters. The van der Waals surface area contributed by atoms with E-state index in [0.717, 1.165) is 19.6 Å². The molecule has 2 aliphatic heterocycles. The highest BCUT2D eigenvalue weighted by Crippen LogP contribution is 2.48. The molecule has 5 rings (SSSR count). The maximum absolute atomic E-state index is 15.7. The molecule has 3 aromatic rings. The molecule has 0 amide bonds. The van der Waals surface area contributed by atoms with Crippen molar-refractivity contribution in [3.8, 4) is 23.0 Å². The fourth-order valence-electron chi connectivity index (χ4n) is 4.41. The number of aromatic hydroxyl groups is 2. The highest BCUT2D eigenvalue weighted by atomic mass is 19.1. The number of phenols is 2. The van der Waals surface area contributed by atoms with Gasteiger partial charge in [-0.3, -0.25) is 9.29 Å². The Morgan fingerprint density at radius 3 is 2.47 bits per heavy atom. The van der Waals surface area contributed by atoms with E-state index in [4.69, 9.17) is 9.47 Å². The van der Waals surface area contributed by atoms with E-state index in [1.165, 1.54) is 30.3 Å². The third kappa shape index (κ3) is 4.43. The minimum Gasteiger partial charge on any atom is -0.508 e. The Bertz CT molecular complexity index is 1210. The van der Waals surface area contributed by atoms with Crippen molar-refractivity contribution in [1.29, 1.82) is 0 Å². The summed E-state index contributed by atoms with van der Waals surface area (Å²) < 4.78 is 40.3. The molecule has 0 bridgehead atoms. The van der Waals surface area contributed by atoms with Crippen LogP contribution >= 0.6 is 0 Å². The molecule has 2 aliphatic rings. The fraction of sp³-hybridized carbons (Fsp3) is 0.259. The van der Waals surface area contributed by atoms with Gasteiger partial charge in [0, 0.05) is 31.1 Å². The van der Waals surface area contributed by atoms with Crippen LogP contribution in [0.5, 0.6) is 23.0 Å². The Morgan fingerprint density at radius 2 is 1.74 bits per heavy atom. The number of halogens is 2. The lowest BCUT2D eigenvalue weighted by atomic mass is 9.90. The second-order valence-corrected chi connectivity index (χ2v) is 8.65. The number of alkyl halides is 1. The first kappa shape index (κ1) is 22.2. The van der Waals surface area contributed by atoms with E-state index in [1.54, 1.807) is 12.1 Å². The Hall–Kier alpha value is -3.58. The Balaban J connectivity index is 1.38. The first-order valence-electron chi connectivity index (χ1n) is 11.2. The predicted molar refractivity (Wildman–Crippen MR) is 125 cm³/mol. The number of rotatable bonds is 7. The van der Waals surface area contributed by atoms with Gasteiger partial charge in [-0.25, -0.2) is 4.39 Å². The number of nitrogens with zero attached hydrogens (tertiary/aromatic N) is 1. The topological polar surface area (TPSA) is 62.2 Å². The maximum Gasteiger partial charge on any atom is 0.152 e. The summed E-state index contributed by atoms with van der Waals surface area (Å²) in [6.07, 6.45) is -0.758. The second-order valence-electron chi connectivity index (χ2n) is 8.65. The molecule has 34 heavy (non-hydrogen) atoms. The average molecular weight is 465 g/mol. The van der Waals surface area contributed by atoms with Gasteiger partial charge in [-0.05, 0) is 53.6 Å². The minimum atomic E-state index is -0.758. The molecule has 1 fully saturated rings. The van der Waals surface area contributed by atoms with E-state index in [9.17, 15) is 14.6 Å². The zero-order chi connectivity index (χ0) is 23.7. The van der Waals surface area contributed by atoms with Crippen LogP contribution in [0.4, 0.5) is 8.78 Å². The lowest BCUT2D eigenvalue weighted by Crippen LogP contribution is -2.49. The van der Waals surface area contributed by atoms with E-state index in [2.05, 4.69) is 4.90 Å². The van der Waals surface area contributed by atoms with Crippen LogP contribution < -0.4 is 9.47 Å². The van der Waals surface area contributed by atoms with Crippen molar-refractivity contribution in [3.63, 3.8) is 0 Å². The highest BCUT2D eigenvalue weighted by Gasteiger charge is 2.32. The molecular weight excluding hydrogens is 440 g/mol. The van der Waals surface area contributed by atoms with Crippen LogP contribution in [0, 0.1) is 5.92 Å². The van der Waals surface area contributed by atoms with Gasteiger partial charge in [0.15, 0.2) is 6.10 Å². The second kappa shape index (κ2) is 9.35. The number of fused-ring (bicyclic) bond motifs is 1. The van der Waals surface area contributed by atoms with Gasteiger partial charge in [-0.1, -0.05) is 24.3 Å². The van der Waals surface area contributed by atoms with Crippen LogP contribution in [0.1, 0.15) is 22.8 Å². The molecule has 3 aromatic carbocycles. The molecular formula is C27H25F2NO4. The molecule has 0 radical (unpaired) electrons. The Labute approximate surface area is 196 Å². The maximum atomic E-state index is 15.7. The van der Waals surface area contributed by atoms with Crippen LogP contribution in [-0.4, -0.2) is 48.0 Å². The molecule has 0 spiro atoms. The zero-order valence-electron chi connectivity index (χ0n) is 18.5. The van der Waals surface area contributed by atoms with Gasteiger partial charge in [0.25, 0.3) is 0 Å². The molecule has 2 N–H and O–H groups in total. The highest BCUT2D eigenvalue weighted by molar-refractivity contribution is 5.93. The lowest BCUT2D eigenvalue weighted by Gasteiger charge is -2.37. The SMILES string of the molecule is Oc1cccc(C2=C(F)c3cc(O)ccc3O[C@@H]2c2ccc(OCCN3CC(CF)C3)cc2)c1. The van der Waals surface area contributed by atoms with E-state index < -0.39 is 11.9 Å². The van der Waals surface area contributed by atoms with Crippen molar-refractivity contribution in [2.75, 3.05) is 32.9 Å². The lowest BCUT2D eigenvalue weighted by molar-refractivity contribution is 0.0668. The summed E-state index contributed by atoms with van der Waals surface area (Å²) >= 11 is 0. The Kier molecular flexibility index (Phi) is 6.11. The summed E-state index contributed by atoms with van der Waals surface area (Å²) in [6.45, 7) is 2.51. The van der Waals surface area contributed by atoms with Gasteiger partial charge < -0.3 is 19.7 Å². The van der Waals surface area contributed by atoms with Crippen molar-refractivity contribution in [1.82, 2.24) is 4.90 Å². The third-order valence-corrected chi connectivity index (χ3v) is 6.21. The van der Waals surface area contributed by atoms with Crippen molar-refractivity contribution in [2.45, 2.75) is 6.10 Å². The average Bonchev–Trinajstić information content (AvgIpc) is 2.81. The third-order valence-electron chi connectivity index (χ3n) is 6.21. The molecule has 5 nitrogen and oxygen atoms in total. The largest absolute Gasteiger partial charge is 0.508 e. The molecule has 0 saturated carbocycles. The summed E-state index contributed by atoms with van der Waals surface area (Å²) in [5.74, 6) is 0.585. The van der Waals surface area contributed by atoms with Crippen LogP contribution in [0.3, 0.4) is 0 Å². The molecule has 176 valence electrons. The first-order chi connectivity index (χ1) is 16.5. The van der Waals surface area contributed by atoms with Crippen molar-refractivity contribution >= 4 is 11.4 Å².